The van der Waals surface area contributed by atoms with Gasteiger partial charge in [-0.15, -0.1) is 0 Å². The van der Waals surface area contributed by atoms with Gasteiger partial charge >= 0.3 is 5.69 Å². The van der Waals surface area contributed by atoms with Gasteiger partial charge in [-0.3, -0.25) is 19.9 Å². The van der Waals surface area contributed by atoms with E-state index in [0.29, 0.717) is 17.0 Å². The summed E-state index contributed by atoms with van der Waals surface area (Å²) in [4.78, 5) is 40.2. The summed E-state index contributed by atoms with van der Waals surface area (Å²) in [6.07, 6.45) is 2.91. The van der Waals surface area contributed by atoms with E-state index in [1.54, 1.807) is 24.9 Å². The maximum atomic E-state index is 13.8. The Hall–Kier alpha value is -3.73. The molecule has 0 radical (unpaired) electrons. The molecule has 10 nitrogen and oxygen atoms in total. The summed E-state index contributed by atoms with van der Waals surface area (Å²) >= 11 is 0. The second-order valence-corrected chi connectivity index (χ2v) is 6.52. The number of aromatic nitrogens is 2. The van der Waals surface area contributed by atoms with Gasteiger partial charge in [0.2, 0.25) is 0 Å². The Kier molecular flexibility index (Phi) is 5.33. The van der Waals surface area contributed by atoms with Crippen LogP contribution in [0.2, 0.25) is 0 Å². The molecule has 11 heteroatoms. The van der Waals surface area contributed by atoms with Crippen molar-refractivity contribution < 1.29 is 9.31 Å². The third-order valence-corrected chi connectivity index (χ3v) is 4.69. The van der Waals surface area contributed by atoms with Crippen LogP contribution < -0.4 is 22.3 Å². The molecular weight excluding hydrogens is 383 g/mol. The summed E-state index contributed by atoms with van der Waals surface area (Å²) in [5.41, 5.74) is 5.81. The van der Waals surface area contributed by atoms with E-state index in [4.69, 9.17) is 5.73 Å². The van der Waals surface area contributed by atoms with E-state index in [2.05, 4.69) is 15.3 Å². The lowest BCUT2D eigenvalue weighted by molar-refractivity contribution is -0.385. The number of rotatable bonds is 5. The highest BCUT2D eigenvalue weighted by Crippen LogP contribution is 2.36. The number of likely N-dealkylation sites (N-methyl/N-ethyl adjacent to an activating group) is 1. The molecule has 0 aliphatic carbocycles. The smallest absolute Gasteiger partial charge is 0.325 e. The van der Waals surface area contributed by atoms with Gasteiger partial charge in [0.1, 0.15) is 17.3 Å². The van der Waals surface area contributed by atoms with Crippen molar-refractivity contribution in [2.45, 2.75) is 13.0 Å². The number of aromatic amines is 2. The summed E-state index contributed by atoms with van der Waals surface area (Å²) in [6.45, 7) is 1.81. The van der Waals surface area contributed by atoms with E-state index < -0.39 is 28.0 Å². The zero-order valence-electron chi connectivity index (χ0n) is 15.7. The average Bonchev–Trinajstić information content (AvgIpc) is 2.65. The van der Waals surface area contributed by atoms with Crippen molar-refractivity contribution in [1.82, 2.24) is 14.9 Å². The number of hydrogen-bond donors (Lipinski definition) is 4. The van der Waals surface area contributed by atoms with E-state index in [0.717, 1.165) is 18.2 Å². The maximum absolute atomic E-state index is 13.8. The van der Waals surface area contributed by atoms with Crippen molar-refractivity contribution in [3.05, 3.63) is 84.2 Å². The molecule has 0 amide bonds. The summed E-state index contributed by atoms with van der Waals surface area (Å²) in [7, 11) is 1.70. The van der Waals surface area contributed by atoms with Gasteiger partial charge in [-0.1, -0.05) is 0 Å². The van der Waals surface area contributed by atoms with Crippen LogP contribution in [0, 0.1) is 15.9 Å². The number of nitro benzene ring substituents is 1. The van der Waals surface area contributed by atoms with Crippen molar-refractivity contribution in [3.63, 3.8) is 0 Å². The first kappa shape index (κ1) is 20.0. The molecular formula is C18H19FN6O4. The molecule has 5 N–H and O–H groups in total. The minimum absolute atomic E-state index is 0.0798. The first-order chi connectivity index (χ1) is 13.7. The molecule has 0 fully saturated rings. The molecule has 1 aliphatic heterocycles. The Labute approximate surface area is 163 Å². The molecule has 1 aliphatic rings. The van der Waals surface area contributed by atoms with E-state index in [-0.39, 0.29) is 23.5 Å². The molecule has 2 heterocycles. The molecule has 1 aromatic heterocycles. The van der Waals surface area contributed by atoms with Crippen LogP contribution in [0.3, 0.4) is 0 Å². The van der Waals surface area contributed by atoms with Crippen LogP contribution in [0.1, 0.15) is 12.5 Å². The molecule has 1 aromatic carbocycles. The average molecular weight is 402 g/mol. The Morgan fingerprint density at radius 3 is 2.72 bits per heavy atom. The van der Waals surface area contributed by atoms with Crippen LogP contribution >= 0.6 is 0 Å². The summed E-state index contributed by atoms with van der Waals surface area (Å²) in [5.74, 6) is -0.0870. The quantitative estimate of drug-likeness (QED) is 0.432. The predicted octanol–water partition coefficient (Wildman–Crippen LogP) is 1.11. The summed E-state index contributed by atoms with van der Waals surface area (Å²) in [6, 6.07) is 2.73. The SMILES string of the molecule is CC1=C(Nc2c[nH]c(=O)[nH]c2=O)N(C)C(CN)C(c2cc(F)ccc2[N+](=O)[O-])=C1. The van der Waals surface area contributed by atoms with Crippen molar-refractivity contribution in [3.8, 4) is 0 Å². The molecule has 0 saturated heterocycles. The first-order valence-electron chi connectivity index (χ1n) is 8.61. The van der Waals surface area contributed by atoms with Crippen molar-refractivity contribution in [1.29, 1.82) is 0 Å². The van der Waals surface area contributed by atoms with Crippen LogP contribution in [0.5, 0.6) is 0 Å². The third kappa shape index (κ3) is 3.80. The molecule has 0 bridgehead atoms. The van der Waals surface area contributed by atoms with Gasteiger partial charge in [-0.05, 0) is 36.3 Å². The van der Waals surface area contributed by atoms with Gasteiger partial charge in [0.25, 0.3) is 11.2 Å². The number of nitro groups is 1. The van der Waals surface area contributed by atoms with Crippen molar-refractivity contribution in [2.24, 2.45) is 5.73 Å². The van der Waals surface area contributed by atoms with Crippen LogP contribution in [-0.2, 0) is 0 Å². The highest BCUT2D eigenvalue weighted by molar-refractivity contribution is 5.79. The molecule has 1 atom stereocenters. The van der Waals surface area contributed by atoms with Crippen molar-refractivity contribution in [2.75, 3.05) is 18.9 Å². The number of hydrogen-bond acceptors (Lipinski definition) is 7. The highest BCUT2D eigenvalue weighted by Gasteiger charge is 2.31. The number of nitrogens with one attached hydrogen (secondary N) is 3. The number of allylic oxidation sites excluding steroid dienone is 2. The van der Waals surface area contributed by atoms with Crippen molar-refractivity contribution >= 4 is 16.9 Å². The minimum Gasteiger partial charge on any atom is -0.353 e. The number of nitrogens with zero attached hydrogens (tertiary/aromatic N) is 2. The zero-order valence-corrected chi connectivity index (χ0v) is 15.7. The largest absolute Gasteiger partial charge is 0.353 e. The monoisotopic (exact) mass is 402 g/mol. The van der Waals surface area contributed by atoms with Gasteiger partial charge < -0.3 is 20.9 Å². The second kappa shape index (κ2) is 7.72. The topological polar surface area (TPSA) is 150 Å². The van der Waals surface area contributed by atoms with E-state index in [9.17, 15) is 24.1 Å². The normalized spacial score (nSPS) is 16.6. The number of halogens is 1. The Balaban J connectivity index is 2.12. The first-order valence-corrected chi connectivity index (χ1v) is 8.61. The van der Waals surface area contributed by atoms with Gasteiger partial charge in [0.15, 0.2) is 0 Å². The molecule has 1 unspecified atom stereocenters. The highest BCUT2D eigenvalue weighted by atomic mass is 19.1. The number of anilines is 1. The minimum atomic E-state index is -0.635. The third-order valence-electron chi connectivity index (χ3n) is 4.69. The fraction of sp³-hybridized carbons (Fsp3) is 0.222. The van der Waals surface area contributed by atoms with E-state index >= 15 is 0 Å². The fourth-order valence-electron chi connectivity index (χ4n) is 3.30. The maximum Gasteiger partial charge on any atom is 0.325 e. The van der Waals surface area contributed by atoms with E-state index in [1.807, 2.05) is 0 Å². The molecule has 29 heavy (non-hydrogen) atoms. The lowest BCUT2D eigenvalue weighted by Crippen LogP contribution is -2.43. The standard InChI is InChI=1S/C18H19FN6O4/c1-9-5-11(12-6-10(19)3-4-14(12)25(28)29)15(7-20)24(2)16(9)22-13-8-21-18(27)23-17(13)26/h3-6,8,15,22H,7,20H2,1-2H3,(H2,21,23,26,27). The molecule has 3 rings (SSSR count). The molecule has 0 saturated carbocycles. The van der Waals surface area contributed by atoms with Crippen LogP contribution in [-0.4, -0.2) is 39.4 Å². The predicted molar refractivity (Wildman–Crippen MR) is 106 cm³/mol. The summed E-state index contributed by atoms with van der Waals surface area (Å²) in [5, 5.41) is 14.4. The molecule has 0 spiro atoms. The van der Waals surface area contributed by atoms with Gasteiger partial charge in [-0.25, -0.2) is 9.18 Å². The Morgan fingerprint density at radius 1 is 1.38 bits per heavy atom. The fourth-order valence-corrected chi connectivity index (χ4v) is 3.30. The Bertz CT molecular complexity index is 1150. The number of H-pyrrole nitrogens is 2. The van der Waals surface area contributed by atoms with Crippen LogP contribution in [0.4, 0.5) is 15.8 Å². The number of benzene rings is 1. The van der Waals surface area contributed by atoms with E-state index in [1.165, 1.54) is 6.20 Å². The number of nitrogens with two attached hydrogens (primary N) is 1. The van der Waals surface area contributed by atoms with Gasteiger partial charge in [0, 0.05) is 25.9 Å². The molecule has 152 valence electrons. The second-order valence-electron chi connectivity index (χ2n) is 6.52. The van der Waals surface area contributed by atoms with Gasteiger partial charge in [-0.2, -0.15) is 0 Å². The van der Waals surface area contributed by atoms with Crippen LogP contribution in [0.15, 0.2) is 51.5 Å². The lowest BCUT2D eigenvalue weighted by atomic mass is 9.91. The molecule has 2 aromatic rings. The van der Waals surface area contributed by atoms with Crippen LogP contribution in [0.25, 0.3) is 5.57 Å². The Morgan fingerprint density at radius 2 is 2.10 bits per heavy atom. The summed E-state index contributed by atoms with van der Waals surface area (Å²) < 4.78 is 13.8. The van der Waals surface area contributed by atoms with Gasteiger partial charge in [0.05, 0.1) is 16.5 Å². The lowest BCUT2D eigenvalue weighted by Gasteiger charge is -2.37. The zero-order chi connectivity index (χ0) is 21.3.